The van der Waals surface area contributed by atoms with Crippen LogP contribution in [0.15, 0.2) is 23.1 Å². The van der Waals surface area contributed by atoms with E-state index in [1.807, 2.05) is 0 Å². The Balaban J connectivity index is 2.17. The number of carbonyl (C=O) groups is 1. The molecule has 1 aromatic carbocycles. The van der Waals surface area contributed by atoms with Crippen LogP contribution in [0.1, 0.15) is 6.92 Å². The zero-order chi connectivity index (χ0) is 17.0. The molecular weight excluding hydrogens is 344 g/mol. The van der Waals surface area contributed by atoms with Gasteiger partial charge in [-0.15, -0.1) is 0 Å². The zero-order valence-electron chi connectivity index (χ0n) is 12.9. The molecule has 1 heterocycles. The summed E-state index contributed by atoms with van der Waals surface area (Å²) >= 11 is 5.86. The minimum atomic E-state index is -3.95. The molecule has 1 aliphatic rings. The van der Waals surface area contributed by atoms with Crippen molar-refractivity contribution in [2.75, 3.05) is 33.4 Å². The molecule has 9 heteroatoms. The number of nitrogens with one attached hydrogen (secondary N) is 1. The number of carbonyl (C=O) groups excluding carboxylic acids is 1. The average Bonchev–Trinajstić information content (AvgIpc) is 2.54. The Kier molecular flexibility index (Phi) is 5.85. The fourth-order valence-electron chi connectivity index (χ4n) is 2.26. The second-order valence-corrected chi connectivity index (χ2v) is 7.19. The number of hydrogen-bond donors (Lipinski definition) is 1. The van der Waals surface area contributed by atoms with Crippen LogP contribution in [0.2, 0.25) is 5.02 Å². The van der Waals surface area contributed by atoms with E-state index < -0.39 is 16.1 Å². The highest BCUT2D eigenvalue weighted by molar-refractivity contribution is 7.89. The molecule has 0 unspecified atom stereocenters. The first-order valence-corrected chi connectivity index (χ1v) is 8.93. The summed E-state index contributed by atoms with van der Waals surface area (Å²) in [6.07, 6.45) is 0. The van der Waals surface area contributed by atoms with Gasteiger partial charge in [0.25, 0.3) is 0 Å². The van der Waals surface area contributed by atoms with Gasteiger partial charge < -0.3 is 14.4 Å². The summed E-state index contributed by atoms with van der Waals surface area (Å²) in [6, 6.07) is 3.38. The van der Waals surface area contributed by atoms with Gasteiger partial charge in [-0.25, -0.2) is 8.42 Å². The number of halogens is 1. The summed E-state index contributed by atoms with van der Waals surface area (Å²) in [5.41, 5.74) is 0. The van der Waals surface area contributed by atoms with E-state index in [-0.39, 0.29) is 21.6 Å². The molecule has 2 rings (SSSR count). The number of hydrogen-bond acceptors (Lipinski definition) is 5. The Labute approximate surface area is 140 Å². The van der Waals surface area contributed by atoms with Crippen LogP contribution in [0.3, 0.4) is 0 Å². The van der Waals surface area contributed by atoms with Crippen LogP contribution >= 0.6 is 11.6 Å². The standard InChI is InChI=1S/C14H19ClN2O5S/c1-10(14(18)17-5-7-22-8-6-17)16-23(19,20)13-9-11(15)3-4-12(13)21-2/h3-4,9-10,16H,5-8H2,1-2H3/t10-/m1/s1. The number of nitrogens with zero attached hydrogens (tertiary/aromatic N) is 1. The molecule has 0 bridgehead atoms. The molecule has 0 radical (unpaired) electrons. The fourth-order valence-corrected chi connectivity index (χ4v) is 3.89. The first kappa shape index (κ1) is 18.0. The second kappa shape index (κ2) is 7.48. The van der Waals surface area contributed by atoms with Crippen molar-refractivity contribution in [3.63, 3.8) is 0 Å². The molecule has 1 N–H and O–H groups in total. The molecular formula is C14H19ClN2O5S. The van der Waals surface area contributed by atoms with Crippen molar-refractivity contribution in [2.24, 2.45) is 0 Å². The monoisotopic (exact) mass is 362 g/mol. The minimum Gasteiger partial charge on any atom is -0.495 e. The summed E-state index contributed by atoms with van der Waals surface area (Å²) in [6.45, 7) is 3.31. The van der Waals surface area contributed by atoms with Crippen LogP contribution in [0.4, 0.5) is 0 Å². The van der Waals surface area contributed by atoms with E-state index in [4.69, 9.17) is 21.1 Å². The minimum absolute atomic E-state index is 0.103. The lowest BCUT2D eigenvalue weighted by molar-refractivity contribution is -0.136. The third-order valence-corrected chi connectivity index (χ3v) is 5.24. The Morgan fingerprint density at radius 1 is 1.39 bits per heavy atom. The normalized spacial score (nSPS) is 16.9. The first-order valence-electron chi connectivity index (χ1n) is 7.07. The number of amides is 1. The van der Waals surface area contributed by atoms with Crippen LogP contribution in [0.5, 0.6) is 5.75 Å². The Bertz CT molecular complexity index is 674. The van der Waals surface area contributed by atoms with Crippen LogP contribution in [-0.4, -0.2) is 58.7 Å². The van der Waals surface area contributed by atoms with E-state index in [1.54, 1.807) is 4.90 Å². The van der Waals surface area contributed by atoms with E-state index in [9.17, 15) is 13.2 Å². The molecule has 1 aliphatic heterocycles. The first-order chi connectivity index (χ1) is 10.8. The lowest BCUT2D eigenvalue weighted by Gasteiger charge is -2.29. The quantitative estimate of drug-likeness (QED) is 0.840. The molecule has 0 saturated carbocycles. The van der Waals surface area contributed by atoms with Gasteiger partial charge in [-0.1, -0.05) is 11.6 Å². The SMILES string of the molecule is COc1ccc(Cl)cc1S(=O)(=O)N[C@H](C)C(=O)N1CCOCC1. The van der Waals surface area contributed by atoms with E-state index in [1.165, 1.54) is 32.2 Å². The van der Waals surface area contributed by atoms with Crippen LogP contribution in [-0.2, 0) is 19.6 Å². The maximum absolute atomic E-state index is 12.5. The van der Waals surface area contributed by atoms with Crippen LogP contribution < -0.4 is 9.46 Å². The molecule has 1 aromatic rings. The van der Waals surface area contributed by atoms with Gasteiger partial charge in [-0.3, -0.25) is 4.79 Å². The van der Waals surface area contributed by atoms with Crippen LogP contribution in [0, 0.1) is 0 Å². The molecule has 0 aromatic heterocycles. The number of benzene rings is 1. The van der Waals surface area contributed by atoms with Gasteiger partial charge in [0.05, 0.1) is 26.4 Å². The van der Waals surface area contributed by atoms with Gasteiger partial charge in [0.1, 0.15) is 10.6 Å². The largest absolute Gasteiger partial charge is 0.495 e. The number of rotatable bonds is 5. The van der Waals surface area contributed by atoms with Gasteiger partial charge in [0.2, 0.25) is 15.9 Å². The zero-order valence-corrected chi connectivity index (χ0v) is 14.5. The maximum atomic E-state index is 12.5. The average molecular weight is 363 g/mol. The fraction of sp³-hybridized carbons (Fsp3) is 0.500. The molecule has 1 atom stereocenters. The lowest BCUT2D eigenvalue weighted by atomic mass is 10.3. The Hall–Kier alpha value is -1.35. The third-order valence-electron chi connectivity index (χ3n) is 3.44. The van der Waals surface area contributed by atoms with Gasteiger partial charge >= 0.3 is 0 Å². The highest BCUT2D eigenvalue weighted by atomic mass is 35.5. The maximum Gasteiger partial charge on any atom is 0.245 e. The lowest BCUT2D eigenvalue weighted by Crippen LogP contribution is -2.50. The summed E-state index contributed by atoms with van der Waals surface area (Å²) in [4.78, 5) is 13.8. The molecule has 128 valence electrons. The Morgan fingerprint density at radius 3 is 2.65 bits per heavy atom. The van der Waals surface area contributed by atoms with Crippen LogP contribution in [0.25, 0.3) is 0 Å². The highest BCUT2D eigenvalue weighted by Crippen LogP contribution is 2.27. The Morgan fingerprint density at radius 2 is 2.04 bits per heavy atom. The summed E-state index contributed by atoms with van der Waals surface area (Å²) in [5.74, 6) is -0.134. The van der Waals surface area contributed by atoms with Gasteiger partial charge in [0.15, 0.2) is 0 Å². The predicted octanol–water partition coefficient (Wildman–Crippen LogP) is 0.874. The van der Waals surface area contributed by atoms with Crippen molar-refractivity contribution in [3.05, 3.63) is 23.2 Å². The molecule has 23 heavy (non-hydrogen) atoms. The summed E-state index contributed by atoms with van der Waals surface area (Å²) < 4.78 is 37.6. The molecule has 7 nitrogen and oxygen atoms in total. The van der Waals surface area contributed by atoms with Gasteiger partial charge in [-0.05, 0) is 25.1 Å². The van der Waals surface area contributed by atoms with Crippen molar-refractivity contribution < 1.29 is 22.7 Å². The second-order valence-electron chi connectivity index (χ2n) is 5.08. The molecule has 1 amide bonds. The number of ether oxygens (including phenoxy) is 2. The van der Waals surface area contributed by atoms with E-state index in [0.717, 1.165) is 0 Å². The third kappa shape index (κ3) is 4.35. The van der Waals surface area contributed by atoms with Crippen molar-refractivity contribution in [2.45, 2.75) is 17.9 Å². The smallest absolute Gasteiger partial charge is 0.245 e. The molecule has 1 fully saturated rings. The van der Waals surface area contributed by atoms with Crippen molar-refractivity contribution in [1.29, 1.82) is 0 Å². The van der Waals surface area contributed by atoms with Gasteiger partial charge in [0, 0.05) is 18.1 Å². The summed E-state index contributed by atoms with van der Waals surface area (Å²) in [5, 5.41) is 0.262. The van der Waals surface area contributed by atoms with E-state index >= 15 is 0 Å². The van der Waals surface area contributed by atoms with Crippen molar-refractivity contribution >= 4 is 27.5 Å². The van der Waals surface area contributed by atoms with E-state index in [0.29, 0.717) is 26.3 Å². The van der Waals surface area contributed by atoms with Gasteiger partial charge in [-0.2, -0.15) is 4.72 Å². The topological polar surface area (TPSA) is 84.9 Å². The van der Waals surface area contributed by atoms with Crippen molar-refractivity contribution in [1.82, 2.24) is 9.62 Å². The highest BCUT2D eigenvalue weighted by Gasteiger charge is 2.28. The molecule has 0 aliphatic carbocycles. The number of methoxy groups -OCH3 is 1. The predicted molar refractivity (Wildman–Crippen MR) is 85.2 cm³/mol. The van der Waals surface area contributed by atoms with E-state index in [2.05, 4.69) is 4.72 Å². The number of sulfonamides is 1. The van der Waals surface area contributed by atoms with Crippen molar-refractivity contribution in [3.8, 4) is 5.75 Å². The number of morpholine rings is 1. The molecule has 0 spiro atoms. The molecule has 1 saturated heterocycles. The summed E-state index contributed by atoms with van der Waals surface area (Å²) in [7, 11) is -2.58.